The summed E-state index contributed by atoms with van der Waals surface area (Å²) in [5.74, 6) is 0.621. The average Bonchev–Trinajstić information content (AvgIpc) is 2.10. The van der Waals surface area contributed by atoms with Gasteiger partial charge in [-0.05, 0) is 51.9 Å². The quantitative estimate of drug-likeness (QED) is 0.924. The summed E-state index contributed by atoms with van der Waals surface area (Å²) in [5, 5.41) is 3.04. The van der Waals surface area contributed by atoms with Gasteiger partial charge in [0.2, 0.25) is 5.88 Å². The molecule has 0 spiro atoms. The standard InChI is InChI=1S/C9H12Br2N2O/c1-6(4-12-2)14-9-8(11)3-7(10)5-13-9/h3,5-6,12H,4H2,1-2H3. The van der Waals surface area contributed by atoms with Crippen molar-refractivity contribution in [2.24, 2.45) is 0 Å². The Morgan fingerprint density at radius 1 is 1.57 bits per heavy atom. The summed E-state index contributed by atoms with van der Waals surface area (Å²) >= 11 is 6.72. The fraction of sp³-hybridized carbons (Fsp3) is 0.444. The maximum absolute atomic E-state index is 5.60. The van der Waals surface area contributed by atoms with E-state index in [1.807, 2.05) is 20.0 Å². The molecule has 3 nitrogen and oxygen atoms in total. The Morgan fingerprint density at radius 3 is 2.86 bits per heavy atom. The molecule has 1 heterocycles. The van der Waals surface area contributed by atoms with Crippen LogP contribution in [0.1, 0.15) is 6.92 Å². The topological polar surface area (TPSA) is 34.1 Å². The van der Waals surface area contributed by atoms with Crippen molar-refractivity contribution in [1.29, 1.82) is 0 Å². The minimum absolute atomic E-state index is 0.102. The van der Waals surface area contributed by atoms with Gasteiger partial charge in [0.05, 0.1) is 4.47 Å². The number of aromatic nitrogens is 1. The number of likely N-dealkylation sites (N-methyl/N-ethyl adjacent to an activating group) is 1. The van der Waals surface area contributed by atoms with Gasteiger partial charge in [-0.15, -0.1) is 0 Å². The van der Waals surface area contributed by atoms with E-state index in [9.17, 15) is 0 Å². The zero-order valence-electron chi connectivity index (χ0n) is 8.05. The number of hydrogen-bond acceptors (Lipinski definition) is 3. The minimum atomic E-state index is 0.102. The molecule has 1 atom stereocenters. The molecule has 1 aromatic heterocycles. The summed E-state index contributed by atoms with van der Waals surface area (Å²) in [5.41, 5.74) is 0. The Bertz CT molecular complexity index is 307. The van der Waals surface area contributed by atoms with Crippen molar-refractivity contribution >= 4 is 31.9 Å². The predicted octanol–water partition coefficient (Wildman–Crippen LogP) is 2.59. The van der Waals surface area contributed by atoms with E-state index in [0.717, 1.165) is 15.5 Å². The highest BCUT2D eigenvalue weighted by atomic mass is 79.9. The molecule has 0 bridgehead atoms. The maximum atomic E-state index is 5.60. The van der Waals surface area contributed by atoms with Crippen LogP contribution in [-0.4, -0.2) is 24.7 Å². The molecule has 14 heavy (non-hydrogen) atoms. The van der Waals surface area contributed by atoms with Crippen molar-refractivity contribution in [2.45, 2.75) is 13.0 Å². The molecule has 1 unspecified atom stereocenters. The zero-order chi connectivity index (χ0) is 10.6. The van der Waals surface area contributed by atoms with Crippen molar-refractivity contribution in [2.75, 3.05) is 13.6 Å². The van der Waals surface area contributed by atoms with Gasteiger partial charge in [-0.25, -0.2) is 4.98 Å². The molecule has 1 rings (SSSR count). The van der Waals surface area contributed by atoms with E-state index in [4.69, 9.17) is 4.74 Å². The highest BCUT2D eigenvalue weighted by Gasteiger charge is 2.07. The third-order valence-corrected chi connectivity index (χ3v) is 2.58. The van der Waals surface area contributed by atoms with E-state index < -0.39 is 0 Å². The molecule has 0 radical (unpaired) electrons. The Hall–Kier alpha value is -0.130. The molecule has 0 saturated heterocycles. The fourth-order valence-electron chi connectivity index (χ4n) is 1.01. The molecular formula is C9H12Br2N2O. The minimum Gasteiger partial charge on any atom is -0.472 e. The molecule has 78 valence electrons. The second-order valence-electron chi connectivity index (χ2n) is 2.93. The lowest BCUT2D eigenvalue weighted by Crippen LogP contribution is -2.26. The molecule has 0 aliphatic heterocycles. The normalized spacial score (nSPS) is 12.6. The highest BCUT2D eigenvalue weighted by Crippen LogP contribution is 2.25. The summed E-state index contributed by atoms with van der Waals surface area (Å²) < 4.78 is 7.38. The fourth-order valence-corrected chi connectivity index (χ4v) is 2.09. The van der Waals surface area contributed by atoms with Crippen LogP contribution in [0.5, 0.6) is 5.88 Å². The van der Waals surface area contributed by atoms with Crippen LogP contribution in [-0.2, 0) is 0 Å². The third-order valence-electron chi connectivity index (χ3n) is 1.58. The van der Waals surface area contributed by atoms with Crippen molar-refractivity contribution in [3.8, 4) is 5.88 Å². The van der Waals surface area contributed by atoms with Gasteiger partial charge in [-0.2, -0.15) is 0 Å². The Kier molecular flexibility index (Phi) is 4.84. The van der Waals surface area contributed by atoms with Crippen LogP contribution in [0, 0.1) is 0 Å². The second kappa shape index (κ2) is 5.68. The van der Waals surface area contributed by atoms with Crippen LogP contribution >= 0.6 is 31.9 Å². The first-order valence-electron chi connectivity index (χ1n) is 4.25. The molecule has 5 heteroatoms. The Labute approximate surface area is 101 Å². The highest BCUT2D eigenvalue weighted by molar-refractivity contribution is 9.11. The summed E-state index contributed by atoms with van der Waals surface area (Å²) in [6.07, 6.45) is 1.82. The number of hydrogen-bond donors (Lipinski definition) is 1. The van der Waals surface area contributed by atoms with Crippen molar-refractivity contribution in [3.63, 3.8) is 0 Å². The van der Waals surface area contributed by atoms with Crippen molar-refractivity contribution in [1.82, 2.24) is 10.3 Å². The second-order valence-corrected chi connectivity index (χ2v) is 4.70. The van der Waals surface area contributed by atoms with E-state index in [2.05, 4.69) is 42.2 Å². The first-order chi connectivity index (χ1) is 6.63. The van der Waals surface area contributed by atoms with Gasteiger partial charge in [0.15, 0.2) is 0 Å². The van der Waals surface area contributed by atoms with Crippen molar-refractivity contribution < 1.29 is 4.74 Å². The van der Waals surface area contributed by atoms with Gasteiger partial charge < -0.3 is 10.1 Å². The predicted molar refractivity (Wildman–Crippen MR) is 63.7 cm³/mol. The molecule has 0 fully saturated rings. The third kappa shape index (κ3) is 3.55. The van der Waals surface area contributed by atoms with E-state index in [0.29, 0.717) is 5.88 Å². The summed E-state index contributed by atoms with van der Waals surface area (Å²) in [6.45, 7) is 2.79. The van der Waals surface area contributed by atoms with E-state index in [1.54, 1.807) is 6.20 Å². The molecule has 0 saturated carbocycles. The van der Waals surface area contributed by atoms with Gasteiger partial charge in [-0.1, -0.05) is 0 Å². The largest absolute Gasteiger partial charge is 0.472 e. The SMILES string of the molecule is CNCC(C)Oc1ncc(Br)cc1Br. The lowest BCUT2D eigenvalue weighted by molar-refractivity contribution is 0.210. The monoisotopic (exact) mass is 322 g/mol. The lowest BCUT2D eigenvalue weighted by atomic mass is 10.4. The van der Waals surface area contributed by atoms with E-state index in [-0.39, 0.29) is 6.10 Å². The molecule has 1 aromatic rings. The van der Waals surface area contributed by atoms with Crippen LogP contribution in [0.15, 0.2) is 21.2 Å². The van der Waals surface area contributed by atoms with Crippen LogP contribution in [0.3, 0.4) is 0 Å². The molecule has 0 aliphatic carbocycles. The van der Waals surface area contributed by atoms with Crippen LogP contribution in [0.25, 0.3) is 0 Å². The molecule has 0 aromatic carbocycles. The van der Waals surface area contributed by atoms with Gasteiger partial charge in [0.25, 0.3) is 0 Å². The molecule has 0 aliphatic rings. The number of nitrogens with zero attached hydrogens (tertiary/aromatic N) is 1. The van der Waals surface area contributed by atoms with Gasteiger partial charge in [-0.3, -0.25) is 0 Å². The first-order valence-corrected chi connectivity index (χ1v) is 5.84. The molecule has 1 N–H and O–H groups in total. The van der Waals surface area contributed by atoms with E-state index in [1.165, 1.54) is 0 Å². The molecule has 0 amide bonds. The molecular weight excluding hydrogens is 312 g/mol. The summed E-state index contributed by atoms with van der Waals surface area (Å²) in [4.78, 5) is 4.16. The van der Waals surface area contributed by atoms with Gasteiger partial charge >= 0.3 is 0 Å². The van der Waals surface area contributed by atoms with Gasteiger partial charge in [0.1, 0.15) is 6.10 Å². The number of pyridine rings is 1. The number of ether oxygens (including phenoxy) is 1. The first kappa shape index (κ1) is 11.9. The van der Waals surface area contributed by atoms with Gasteiger partial charge in [0, 0.05) is 17.2 Å². The Morgan fingerprint density at radius 2 is 2.29 bits per heavy atom. The van der Waals surface area contributed by atoms with Crippen LogP contribution < -0.4 is 10.1 Å². The van der Waals surface area contributed by atoms with Crippen molar-refractivity contribution in [3.05, 3.63) is 21.2 Å². The number of nitrogens with one attached hydrogen (secondary N) is 1. The number of rotatable bonds is 4. The smallest absolute Gasteiger partial charge is 0.228 e. The Balaban J connectivity index is 2.67. The van der Waals surface area contributed by atoms with Crippen LogP contribution in [0.4, 0.5) is 0 Å². The maximum Gasteiger partial charge on any atom is 0.228 e. The number of halogens is 2. The van der Waals surface area contributed by atoms with Crippen LogP contribution in [0.2, 0.25) is 0 Å². The summed E-state index contributed by atoms with van der Waals surface area (Å²) in [6, 6.07) is 1.91. The average molecular weight is 324 g/mol. The lowest BCUT2D eigenvalue weighted by Gasteiger charge is -2.14. The summed E-state index contributed by atoms with van der Waals surface area (Å²) in [7, 11) is 1.89. The zero-order valence-corrected chi connectivity index (χ0v) is 11.2. The van der Waals surface area contributed by atoms with E-state index >= 15 is 0 Å².